The van der Waals surface area contributed by atoms with Gasteiger partial charge in [-0.15, -0.1) is 0 Å². The number of allylic oxidation sites excluding steroid dienone is 6. The van der Waals surface area contributed by atoms with E-state index < -0.39 is 0 Å². The van der Waals surface area contributed by atoms with Crippen LogP contribution in [0, 0.1) is 0 Å². The number of fused-ring (bicyclic) bond motifs is 6. The third-order valence-corrected chi connectivity index (χ3v) is 11.8. The largest absolute Gasteiger partial charge is 0.333 e. The van der Waals surface area contributed by atoms with Crippen molar-refractivity contribution >= 4 is 38.8 Å². The molecule has 0 saturated carbocycles. The summed E-state index contributed by atoms with van der Waals surface area (Å²) in [4.78, 5) is 2.50. The molecule has 0 spiro atoms. The number of nitrogens with zero attached hydrogens (tertiary/aromatic N) is 2. The SMILES string of the molecule is C1=CC(c2ccc(-n3c4ccccc4c4ccccc43)cc2)C(c2cc(-c3ccccc3)cc(-c3ccc(N4c5ccccc5C5C=CC=CC54)cc3)c2)=C1. The summed E-state index contributed by atoms with van der Waals surface area (Å²) >= 11 is 0. The van der Waals surface area contributed by atoms with Gasteiger partial charge in [-0.1, -0.05) is 152 Å². The third kappa shape index (κ3) is 5.25. The minimum absolute atomic E-state index is 0.161. The first-order chi connectivity index (χ1) is 27.3. The monoisotopic (exact) mass is 702 g/mol. The van der Waals surface area contributed by atoms with Crippen LogP contribution in [-0.4, -0.2) is 10.6 Å². The van der Waals surface area contributed by atoms with E-state index in [9.17, 15) is 0 Å². The van der Waals surface area contributed by atoms with Crippen molar-refractivity contribution in [3.8, 4) is 27.9 Å². The highest BCUT2D eigenvalue weighted by atomic mass is 15.2. The smallest absolute Gasteiger partial charge is 0.0629 e. The van der Waals surface area contributed by atoms with E-state index >= 15 is 0 Å². The van der Waals surface area contributed by atoms with Gasteiger partial charge in [0.05, 0.1) is 17.1 Å². The highest BCUT2D eigenvalue weighted by Gasteiger charge is 2.37. The zero-order chi connectivity index (χ0) is 36.3. The molecule has 3 aliphatic rings. The molecule has 0 amide bonds. The Kier molecular flexibility index (Phi) is 7.41. The summed E-state index contributed by atoms with van der Waals surface area (Å²) in [5.41, 5.74) is 16.3. The molecular weight excluding hydrogens is 665 g/mol. The van der Waals surface area contributed by atoms with Gasteiger partial charge < -0.3 is 9.47 Å². The van der Waals surface area contributed by atoms with Gasteiger partial charge in [0, 0.05) is 39.7 Å². The molecule has 0 saturated heterocycles. The molecular formula is C53H38N2. The summed E-state index contributed by atoms with van der Waals surface area (Å²) in [6, 6.07) is 62.8. The van der Waals surface area contributed by atoms with Crippen molar-refractivity contribution in [2.75, 3.05) is 4.90 Å². The average molecular weight is 703 g/mol. The fourth-order valence-electron chi connectivity index (χ4n) is 9.24. The first kappa shape index (κ1) is 31.6. The Labute approximate surface area is 321 Å². The average Bonchev–Trinajstić information content (AvgIpc) is 3.98. The Morgan fingerprint density at radius 1 is 0.418 bits per heavy atom. The first-order valence-electron chi connectivity index (χ1n) is 19.3. The second-order valence-electron chi connectivity index (χ2n) is 14.9. The maximum absolute atomic E-state index is 2.50. The Morgan fingerprint density at radius 2 is 1.02 bits per heavy atom. The molecule has 1 aliphatic heterocycles. The van der Waals surface area contributed by atoms with E-state index in [2.05, 4.69) is 222 Å². The van der Waals surface area contributed by atoms with Crippen LogP contribution in [0.3, 0.4) is 0 Å². The van der Waals surface area contributed by atoms with Crippen LogP contribution in [0.15, 0.2) is 212 Å². The fourth-order valence-corrected chi connectivity index (χ4v) is 9.24. The van der Waals surface area contributed by atoms with Crippen molar-refractivity contribution in [1.82, 2.24) is 4.57 Å². The summed E-state index contributed by atoms with van der Waals surface area (Å²) < 4.78 is 2.39. The molecule has 2 heterocycles. The maximum atomic E-state index is 2.50. The summed E-state index contributed by atoms with van der Waals surface area (Å²) in [6.45, 7) is 0. The van der Waals surface area contributed by atoms with Crippen molar-refractivity contribution in [3.05, 3.63) is 229 Å². The number of rotatable bonds is 6. The predicted molar refractivity (Wildman–Crippen MR) is 231 cm³/mol. The van der Waals surface area contributed by atoms with E-state index in [0.29, 0.717) is 5.92 Å². The van der Waals surface area contributed by atoms with Crippen LogP contribution >= 0.6 is 0 Å². The lowest BCUT2D eigenvalue weighted by atomic mass is 9.86. The Bertz CT molecular complexity index is 2810. The molecule has 1 aromatic heterocycles. The molecule has 3 unspecified atom stereocenters. The Balaban J connectivity index is 0.950. The molecule has 8 aromatic rings. The number of para-hydroxylation sites is 3. The number of aromatic nitrogens is 1. The van der Waals surface area contributed by atoms with Gasteiger partial charge in [0.25, 0.3) is 0 Å². The predicted octanol–water partition coefficient (Wildman–Crippen LogP) is 13.6. The maximum Gasteiger partial charge on any atom is 0.0629 e. The lowest BCUT2D eigenvalue weighted by molar-refractivity contribution is 0.745. The van der Waals surface area contributed by atoms with Crippen LogP contribution in [0.4, 0.5) is 11.4 Å². The molecule has 0 bridgehead atoms. The van der Waals surface area contributed by atoms with Crippen LogP contribution in [0.1, 0.15) is 28.5 Å². The molecule has 2 nitrogen and oxygen atoms in total. The fraction of sp³-hybridized carbons (Fsp3) is 0.0566. The Morgan fingerprint density at radius 3 is 1.76 bits per heavy atom. The van der Waals surface area contributed by atoms with Gasteiger partial charge in [-0.05, 0) is 105 Å². The lowest BCUT2D eigenvalue weighted by Gasteiger charge is -2.28. The van der Waals surface area contributed by atoms with E-state index in [-0.39, 0.29) is 12.0 Å². The van der Waals surface area contributed by atoms with Crippen molar-refractivity contribution in [3.63, 3.8) is 0 Å². The molecule has 260 valence electrons. The molecule has 0 N–H and O–H groups in total. The van der Waals surface area contributed by atoms with E-state index in [1.54, 1.807) is 0 Å². The van der Waals surface area contributed by atoms with E-state index in [4.69, 9.17) is 0 Å². The molecule has 2 aliphatic carbocycles. The van der Waals surface area contributed by atoms with E-state index in [1.807, 2.05) is 0 Å². The summed E-state index contributed by atoms with van der Waals surface area (Å²) in [7, 11) is 0. The third-order valence-electron chi connectivity index (χ3n) is 11.8. The minimum Gasteiger partial charge on any atom is -0.333 e. The van der Waals surface area contributed by atoms with Crippen molar-refractivity contribution in [1.29, 1.82) is 0 Å². The number of hydrogen-bond acceptors (Lipinski definition) is 1. The molecule has 0 radical (unpaired) electrons. The highest BCUT2D eigenvalue weighted by molar-refractivity contribution is 6.09. The van der Waals surface area contributed by atoms with E-state index in [0.717, 1.165) is 0 Å². The van der Waals surface area contributed by atoms with Gasteiger partial charge in [-0.25, -0.2) is 0 Å². The molecule has 11 rings (SSSR count). The number of hydrogen-bond donors (Lipinski definition) is 0. The number of benzene rings is 7. The molecule has 3 atom stereocenters. The quantitative estimate of drug-likeness (QED) is 0.167. The van der Waals surface area contributed by atoms with Gasteiger partial charge in [-0.2, -0.15) is 0 Å². The Hall–Kier alpha value is -6.90. The van der Waals surface area contributed by atoms with Gasteiger partial charge in [0.2, 0.25) is 0 Å². The van der Waals surface area contributed by atoms with Gasteiger partial charge in [0.1, 0.15) is 0 Å². The van der Waals surface area contributed by atoms with Crippen LogP contribution in [-0.2, 0) is 0 Å². The molecule has 0 fully saturated rings. The lowest BCUT2D eigenvalue weighted by Crippen LogP contribution is -2.28. The molecule has 7 aromatic carbocycles. The highest BCUT2D eigenvalue weighted by Crippen LogP contribution is 2.48. The van der Waals surface area contributed by atoms with Crippen molar-refractivity contribution in [2.45, 2.75) is 17.9 Å². The zero-order valence-corrected chi connectivity index (χ0v) is 30.3. The van der Waals surface area contributed by atoms with Crippen LogP contribution in [0.25, 0.3) is 55.3 Å². The van der Waals surface area contributed by atoms with Crippen molar-refractivity contribution in [2.24, 2.45) is 0 Å². The van der Waals surface area contributed by atoms with E-state index in [1.165, 1.54) is 83.4 Å². The normalized spacial score (nSPS) is 18.2. The van der Waals surface area contributed by atoms with Crippen LogP contribution in [0.2, 0.25) is 0 Å². The minimum atomic E-state index is 0.161. The standard InChI is InChI=1S/C53H38N2/c1-2-13-36(14-3-1)39-33-40(37-25-29-42(30-26-37)54-50-21-8-4-15-46(50)47-16-5-9-22-51(47)54)35-41(34-39)45-20-12-19-44(45)38-27-31-43(32-28-38)55-52-23-10-6-17-48(52)49-18-7-11-24-53(49)55/h1-35,44,46,50H. The molecule has 2 heteroatoms. The summed E-state index contributed by atoms with van der Waals surface area (Å²) in [5.74, 6) is 0.534. The van der Waals surface area contributed by atoms with Crippen LogP contribution in [0.5, 0.6) is 0 Å². The summed E-state index contributed by atoms with van der Waals surface area (Å²) in [5, 5.41) is 2.56. The zero-order valence-electron chi connectivity index (χ0n) is 30.3. The van der Waals surface area contributed by atoms with Gasteiger partial charge in [-0.3, -0.25) is 0 Å². The second kappa shape index (κ2) is 12.9. The molecule has 55 heavy (non-hydrogen) atoms. The summed E-state index contributed by atoms with van der Waals surface area (Å²) in [6.07, 6.45) is 15.9. The second-order valence-corrected chi connectivity index (χ2v) is 14.9. The first-order valence-corrected chi connectivity index (χ1v) is 19.3. The topological polar surface area (TPSA) is 8.17 Å². The van der Waals surface area contributed by atoms with Gasteiger partial charge >= 0.3 is 0 Å². The number of anilines is 2. The van der Waals surface area contributed by atoms with Gasteiger partial charge in [0.15, 0.2) is 0 Å². The van der Waals surface area contributed by atoms with Crippen molar-refractivity contribution < 1.29 is 0 Å². The van der Waals surface area contributed by atoms with Crippen LogP contribution < -0.4 is 4.90 Å².